The number of carboxylic acid groups (broad SMARTS) is 1. The molecular weight excluding hydrogens is 366 g/mol. The zero-order chi connectivity index (χ0) is 19.8. The molecule has 150 valence electrons. The smallest absolute Gasteiger partial charge is 0.318 e. The van der Waals surface area contributed by atoms with Gasteiger partial charge in [0.25, 0.3) is 0 Å². The highest BCUT2D eigenvalue weighted by Crippen LogP contribution is 2.61. The summed E-state index contributed by atoms with van der Waals surface area (Å²) in [5, 5.41) is 12.8. The molecule has 4 aliphatic carbocycles. The lowest BCUT2D eigenvalue weighted by atomic mass is 9.47. The molecule has 28 heavy (non-hydrogen) atoms. The van der Waals surface area contributed by atoms with Gasteiger partial charge in [0.2, 0.25) is 0 Å². The number of hydrogen-bond acceptors (Lipinski definition) is 2. The third kappa shape index (κ3) is 2.40. The molecule has 7 heteroatoms. The van der Waals surface area contributed by atoms with Crippen molar-refractivity contribution in [3.63, 3.8) is 0 Å². The van der Waals surface area contributed by atoms with Crippen LogP contribution in [0.5, 0.6) is 0 Å². The van der Waals surface area contributed by atoms with Crippen LogP contribution in [0.1, 0.15) is 44.6 Å². The first-order chi connectivity index (χ1) is 13.2. The second-order valence-electron chi connectivity index (χ2n) is 9.57. The molecular formula is C21H24F2N2O3. The average molecular weight is 390 g/mol. The van der Waals surface area contributed by atoms with Crippen LogP contribution in [0.3, 0.4) is 0 Å². The fourth-order valence-corrected chi connectivity index (χ4v) is 6.77. The number of carboxylic acids is 1. The van der Waals surface area contributed by atoms with E-state index in [0.717, 1.165) is 31.4 Å². The van der Waals surface area contributed by atoms with Crippen LogP contribution in [-0.2, 0) is 10.3 Å². The van der Waals surface area contributed by atoms with E-state index in [1.807, 2.05) is 11.8 Å². The maximum atomic E-state index is 13.7. The van der Waals surface area contributed by atoms with Crippen molar-refractivity contribution in [3.8, 4) is 0 Å². The molecule has 1 aromatic carbocycles. The maximum Gasteiger partial charge on any atom is 0.318 e. The van der Waals surface area contributed by atoms with Crippen molar-refractivity contribution in [2.75, 3.05) is 6.54 Å². The highest BCUT2D eigenvalue weighted by Gasteiger charge is 2.61. The molecule has 1 aromatic rings. The molecule has 4 saturated carbocycles. The zero-order valence-electron chi connectivity index (χ0n) is 15.8. The molecule has 2 unspecified atom stereocenters. The Bertz CT molecular complexity index is 859. The van der Waals surface area contributed by atoms with Crippen molar-refractivity contribution >= 4 is 12.0 Å². The molecule has 1 saturated heterocycles. The van der Waals surface area contributed by atoms with E-state index in [9.17, 15) is 23.5 Å². The normalized spacial score (nSPS) is 41.4. The first-order valence-electron chi connectivity index (χ1n) is 9.98. The fourth-order valence-electron chi connectivity index (χ4n) is 6.77. The molecule has 5 aliphatic rings. The topological polar surface area (TPSA) is 69.6 Å². The molecule has 3 atom stereocenters. The molecule has 0 radical (unpaired) electrons. The summed E-state index contributed by atoms with van der Waals surface area (Å²) in [5.74, 6) is -1.70. The van der Waals surface area contributed by atoms with Crippen LogP contribution < -0.4 is 5.32 Å². The number of rotatable bonds is 3. The monoisotopic (exact) mass is 390 g/mol. The molecule has 0 aromatic heterocycles. The molecule has 5 nitrogen and oxygen atoms in total. The quantitative estimate of drug-likeness (QED) is 0.830. The van der Waals surface area contributed by atoms with Gasteiger partial charge in [-0.2, -0.15) is 0 Å². The second kappa shape index (κ2) is 5.67. The summed E-state index contributed by atoms with van der Waals surface area (Å²) in [5.41, 5.74) is -0.884. The first-order valence-corrected chi connectivity index (χ1v) is 9.98. The van der Waals surface area contributed by atoms with Gasteiger partial charge in [-0.05, 0) is 74.5 Å². The Hall–Kier alpha value is -2.18. The van der Waals surface area contributed by atoms with Crippen LogP contribution >= 0.6 is 0 Å². The van der Waals surface area contributed by atoms with E-state index >= 15 is 0 Å². The van der Waals surface area contributed by atoms with Crippen molar-refractivity contribution in [2.24, 2.45) is 23.2 Å². The van der Waals surface area contributed by atoms with Gasteiger partial charge >= 0.3 is 12.0 Å². The summed E-state index contributed by atoms with van der Waals surface area (Å²) in [7, 11) is 0. The van der Waals surface area contributed by atoms with Crippen molar-refractivity contribution in [1.82, 2.24) is 10.2 Å². The maximum absolute atomic E-state index is 13.7. The third-order valence-electron chi connectivity index (χ3n) is 7.72. The summed E-state index contributed by atoms with van der Waals surface area (Å²) in [6.45, 7) is 2.20. The summed E-state index contributed by atoms with van der Waals surface area (Å²) in [4.78, 5) is 26.7. The van der Waals surface area contributed by atoms with Crippen molar-refractivity contribution < 1.29 is 23.5 Å². The van der Waals surface area contributed by atoms with E-state index in [4.69, 9.17) is 0 Å². The standard InChI is InChI=1S/C21H24F2N2O3/c1-20(14-2-3-15(22)16(23)6-14)10-25(19(28)24-20)17-12-4-11-5-13(17)9-21(7-11,8-12)18(26)27/h2-3,6,11-13,17H,4-5,7-10H2,1H3,(H,24,28)(H,26,27)/t11?,12?,13?,17?,20-,21?/m1/s1. The number of carbonyl (C=O) groups excluding carboxylic acids is 1. The van der Waals surface area contributed by atoms with Crippen LogP contribution in [0.2, 0.25) is 0 Å². The largest absolute Gasteiger partial charge is 0.481 e. The first kappa shape index (κ1) is 17.9. The van der Waals surface area contributed by atoms with Crippen LogP contribution in [0.25, 0.3) is 0 Å². The lowest BCUT2D eigenvalue weighted by Gasteiger charge is -2.59. The Kier molecular flexibility index (Phi) is 3.62. The van der Waals surface area contributed by atoms with E-state index < -0.39 is 28.6 Å². The van der Waals surface area contributed by atoms with Crippen LogP contribution in [0, 0.1) is 34.8 Å². The number of benzene rings is 1. The summed E-state index contributed by atoms with van der Waals surface area (Å²) in [6, 6.07) is 3.57. The number of carbonyl (C=O) groups is 2. The third-order valence-corrected chi connectivity index (χ3v) is 7.72. The Balaban J connectivity index is 1.43. The van der Waals surface area contributed by atoms with Gasteiger partial charge < -0.3 is 15.3 Å². The summed E-state index contributed by atoms with van der Waals surface area (Å²) in [6.07, 6.45) is 3.97. The van der Waals surface area contributed by atoms with Gasteiger partial charge in [0.05, 0.1) is 11.0 Å². The van der Waals surface area contributed by atoms with Gasteiger partial charge in [0.15, 0.2) is 11.6 Å². The average Bonchev–Trinajstić information content (AvgIpc) is 2.92. The van der Waals surface area contributed by atoms with Gasteiger partial charge in [0.1, 0.15) is 0 Å². The number of halogens is 2. The highest BCUT2D eigenvalue weighted by atomic mass is 19.2. The number of nitrogens with one attached hydrogen (secondary N) is 1. The molecule has 4 bridgehead atoms. The van der Waals surface area contributed by atoms with E-state index in [1.54, 1.807) is 0 Å². The van der Waals surface area contributed by atoms with Gasteiger partial charge in [-0.15, -0.1) is 0 Å². The molecule has 5 fully saturated rings. The van der Waals surface area contributed by atoms with Gasteiger partial charge in [-0.3, -0.25) is 4.79 Å². The SMILES string of the molecule is C[C@]1(c2ccc(F)c(F)c2)CN(C2C3CC4CC2CC(C(=O)O)(C4)C3)C(=O)N1. The lowest BCUT2D eigenvalue weighted by Crippen LogP contribution is -2.61. The Morgan fingerprint density at radius 3 is 2.46 bits per heavy atom. The Morgan fingerprint density at radius 1 is 1.18 bits per heavy atom. The summed E-state index contributed by atoms with van der Waals surface area (Å²) < 4.78 is 27.1. The molecule has 1 aliphatic heterocycles. The van der Waals surface area contributed by atoms with Crippen LogP contribution in [-0.4, -0.2) is 34.6 Å². The van der Waals surface area contributed by atoms with Crippen molar-refractivity contribution in [1.29, 1.82) is 0 Å². The van der Waals surface area contributed by atoms with Crippen LogP contribution in [0.4, 0.5) is 13.6 Å². The molecule has 0 spiro atoms. The Morgan fingerprint density at radius 2 is 1.86 bits per heavy atom. The zero-order valence-corrected chi connectivity index (χ0v) is 15.8. The van der Waals surface area contributed by atoms with E-state index in [1.165, 1.54) is 6.07 Å². The summed E-state index contributed by atoms with van der Waals surface area (Å²) >= 11 is 0. The number of hydrogen-bond donors (Lipinski definition) is 2. The number of urea groups is 1. The number of aliphatic carboxylic acids is 1. The van der Waals surface area contributed by atoms with Gasteiger partial charge in [0, 0.05) is 12.6 Å². The molecule has 2 N–H and O–H groups in total. The predicted octanol–water partition coefficient (Wildman–Crippen LogP) is 3.48. The van der Waals surface area contributed by atoms with E-state index in [2.05, 4.69) is 5.32 Å². The predicted molar refractivity (Wildman–Crippen MR) is 96.4 cm³/mol. The molecule has 2 amide bonds. The van der Waals surface area contributed by atoms with Crippen molar-refractivity contribution in [2.45, 2.75) is 50.6 Å². The Labute approximate surface area is 162 Å². The van der Waals surface area contributed by atoms with Crippen molar-refractivity contribution in [3.05, 3.63) is 35.4 Å². The minimum Gasteiger partial charge on any atom is -0.481 e. The second-order valence-corrected chi connectivity index (χ2v) is 9.57. The minimum absolute atomic E-state index is 0.0242. The number of nitrogens with zero attached hydrogens (tertiary/aromatic N) is 1. The lowest BCUT2D eigenvalue weighted by molar-refractivity contribution is -0.170. The molecule has 6 rings (SSSR count). The highest BCUT2D eigenvalue weighted by molar-refractivity contribution is 5.79. The van der Waals surface area contributed by atoms with E-state index in [-0.39, 0.29) is 23.9 Å². The van der Waals surface area contributed by atoms with Crippen LogP contribution in [0.15, 0.2) is 18.2 Å². The minimum atomic E-state index is -0.926. The number of amides is 2. The molecule has 1 heterocycles. The van der Waals surface area contributed by atoms with Gasteiger partial charge in [-0.1, -0.05) is 6.07 Å². The van der Waals surface area contributed by atoms with E-state index in [0.29, 0.717) is 30.9 Å². The fraction of sp³-hybridized carbons (Fsp3) is 0.619. The van der Waals surface area contributed by atoms with Gasteiger partial charge in [-0.25, -0.2) is 13.6 Å².